The lowest BCUT2D eigenvalue weighted by molar-refractivity contribution is -0.122. The monoisotopic (exact) mass is 170 g/mol. The Kier molecular flexibility index (Phi) is 6.38. The molecule has 12 heavy (non-hydrogen) atoms. The summed E-state index contributed by atoms with van der Waals surface area (Å²) in [6, 6.07) is -0.351. The van der Waals surface area contributed by atoms with E-state index in [4.69, 9.17) is 5.73 Å². The molecule has 0 saturated heterocycles. The average molecular weight is 170 g/mol. The number of hydrogen-bond acceptors (Lipinski definition) is 2. The molecule has 1 atom stereocenters. The molecule has 0 aromatic rings. The van der Waals surface area contributed by atoms with Gasteiger partial charge in [0.15, 0.2) is 0 Å². The zero-order valence-electron chi connectivity index (χ0n) is 7.84. The third-order valence-electron chi connectivity index (χ3n) is 1.62. The van der Waals surface area contributed by atoms with E-state index in [1.165, 1.54) is 0 Å². The predicted octanol–water partition coefficient (Wildman–Crippen LogP) is 0.806. The van der Waals surface area contributed by atoms with Gasteiger partial charge in [-0.1, -0.05) is 19.1 Å². The number of nitrogens with two attached hydrogens (primary N) is 1. The van der Waals surface area contributed by atoms with Crippen LogP contribution in [0.1, 0.15) is 26.7 Å². The zero-order chi connectivity index (χ0) is 9.40. The molecule has 0 aliphatic carbocycles. The molecular weight excluding hydrogens is 152 g/mol. The molecule has 0 fully saturated rings. The summed E-state index contributed by atoms with van der Waals surface area (Å²) in [7, 11) is 0. The molecule has 3 N–H and O–H groups in total. The largest absolute Gasteiger partial charge is 0.354 e. The van der Waals surface area contributed by atoms with E-state index in [0.29, 0.717) is 13.0 Å². The van der Waals surface area contributed by atoms with Crippen LogP contribution in [0.2, 0.25) is 0 Å². The van der Waals surface area contributed by atoms with Crippen molar-refractivity contribution in [3.8, 4) is 0 Å². The summed E-state index contributed by atoms with van der Waals surface area (Å²) < 4.78 is 0. The van der Waals surface area contributed by atoms with E-state index >= 15 is 0 Å². The number of amides is 1. The quantitative estimate of drug-likeness (QED) is 0.474. The minimum Gasteiger partial charge on any atom is -0.354 e. The number of carbonyl (C=O) groups excluding carboxylic acids is 1. The summed E-state index contributed by atoms with van der Waals surface area (Å²) in [4.78, 5) is 11.1. The molecular formula is C9H18N2O. The van der Waals surface area contributed by atoms with Crippen molar-refractivity contribution in [2.75, 3.05) is 6.54 Å². The molecule has 0 saturated carbocycles. The van der Waals surface area contributed by atoms with E-state index in [2.05, 4.69) is 5.32 Å². The molecule has 0 aliphatic rings. The van der Waals surface area contributed by atoms with Gasteiger partial charge in [0.2, 0.25) is 5.91 Å². The number of nitrogens with one attached hydrogen (secondary N) is 1. The van der Waals surface area contributed by atoms with Crippen molar-refractivity contribution in [1.82, 2.24) is 5.32 Å². The van der Waals surface area contributed by atoms with E-state index in [-0.39, 0.29) is 11.9 Å². The fourth-order valence-corrected chi connectivity index (χ4v) is 0.762. The molecule has 0 radical (unpaired) electrons. The first-order valence-electron chi connectivity index (χ1n) is 4.36. The number of hydrogen-bond donors (Lipinski definition) is 2. The van der Waals surface area contributed by atoms with Crippen molar-refractivity contribution in [3.05, 3.63) is 12.2 Å². The van der Waals surface area contributed by atoms with E-state index < -0.39 is 0 Å². The van der Waals surface area contributed by atoms with Crippen molar-refractivity contribution in [3.63, 3.8) is 0 Å². The van der Waals surface area contributed by atoms with Crippen LogP contribution >= 0.6 is 0 Å². The molecule has 0 heterocycles. The number of carbonyl (C=O) groups is 1. The van der Waals surface area contributed by atoms with E-state index in [0.717, 1.165) is 6.42 Å². The second-order valence-corrected chi connectivity index (χ2v) is 2.66. The van der Waals surface area contributed by atoms with Gasteiger partial charge in [-0.3, -0.25) is 4.79 Å². The van der Waals surface area contributed by atoms with E-state index in [1.807, 2.05) is 26.0 Å². The summed E-state index contributed by atoms with van der Waals surface area (Å²) in [6.45, 7) is 4.53. The van der Waals surface area contributed by atoms with Gasteiger partial charge in [0, 0.05) is 6.54 Å². The van der Waals surface area contributed by atoms with Crippen LogP contribution < -0.4 is 11.1 Å². The van der Waals surface area contributed by atoms with Gasteiger partial charge in [0.05, 0.1) is 6.04 Å². The third kappa shape index (κ3) is 4.91. The minimum absolute atomic E-state index is 0.0537. The Bertz CT molecular complexity index is 155. The Morgan fingerprint density at radius 2 is 2.33 bits per heavy atom. The third-order valence-corrected chi connectivity index (χ3v) is 1.62. The molecule has 0 rings (SSSR count). The first kappa shape index (κ1) is 11.2. The normalized spacial score (nSPS) is 13.2. The lowest BCUT2D eigenvalue weighted by Gasteiger charge is -2.08. The molecule has 70 valence electrons. The smallest absolute Gasteiger partial charge is 0.236 e. The lowest BCUT2D eigenvalue weighted by atomic mass is 10.2. The topological polar surface area (TPSA) is 55.1 Å². The van der Waals surface area contributed by atoms with Gasteiger partial charge in [0.25, 0.3) is 0 Å². The van der Waals surface area contributed by atoms with Crippen LogP contribution in [0.15, 0.2) is 12.2 Å². The summed E-state index contributed by atoms with van der Waals surface area (Å²) in [6.07, 6.45) is 5.54. The standard InChI is InChI=1S/C9H18N2O/c1-3-5-6-7-11-9(12)8(10)4-2/h3,5,8H,4,6-7,10H2,1-2H3,(H,11,12)/b5-3+. The van der Waals surface area contributed by atoms with E-state index in [1.54, 1.807) is 0 Å². The second kappa shape index (κ2) is 6.85. The Labute approximate surface area is 74.0 Å². The molecule has 3 nitrogen and oxygen atoms in total. The Morgan fingerprint density at radius 3 is 2.83 bits per heavy atom. The Morgan fingerprint density at radius 1 is 1.67 bits per heavy atom. The first-order chi connectivity index (χ1) is 5.72. The highest BCUT2D eigenvalue weighted by Crippen LogP contribution is 1.86. The van der Waals surface area contributed by atoms with Crippen molar-refractivity contribution < 1.29 is 4.79 Å². The number of allylic oxidation sites excluding steroid dienone is 1. The molecule has 0 spiro atoms. The number of rotatable bonds is 5. The van der Waals surface area contributed by atoms with Gasteiger partial charge < -0.3 is 11.1 Å². The highest BCUT2D eigenvalue weighted by Gasteiger charge is 2.08. The summed E-state index contributed by atoms with van der Waals surface area (Å²) >= 11 is 0. The van der Waals surface area contributed by atoms with Gasteiger partial charge >= 0.3 is 0 Å². The molecule has 1 amide bonds. The zero-order valence-corrected chi connectivity index (χ0v) is 7.84. The Balaban J connectivity index is 3.43. The molecule has 0 bridgehead atoms. The van der Waals surface area contributed by atoms with Crippen LogP contribution in [0.3, 0.4) is 0 Å². The molecule has 0 aliphatic heterocycles. The van der Waals surface area contributed by atoms with Crippen LogP contribution in [-0.2, 0) is 4.79 Å². The van der Waals surface area contributed by atoms with Crippen molar-refractivity contribution in [1.29, 1.82) is 0 Å². The van der Waals surface area contributed by atoms with Crippen molar-refractivity contribution >= 4 is 5.91 Å². The van der Waals surface area contributed by atoms with E-state index in [9.17, 15) is 4.79 Å². The molecule has 0 aromatic heterocycles. The highest BCUT2D eigenvalue weighted by molar-refractivity contribution is 5.81. The second-order valence-electron chi connectivity index (χ2n) is 2.66. The summed E-state index contributed by atoms with van der Waals surface area (Å²) in [5.41, 5.74) is 5.50. The van der Waals surface area contributed by atoms with Gasteiger partial charge in [-0.05, 0) is 19.8 Å². The van der Waals surface area contributed by atoms with Crippen LogP contribution in [0.4, 0.5) is 0 Å². The molecule has 0 aromatic carbocycles. The minimum atomic E-state index is -0.351. The van der Waals surface area contributed by atoms with Gasteiger partial charge in [-0.2, -0.15) is 0 Å². The molecule has 1 unspecified atom stereocenters. The maximum Gasteiger partial charge on any atom is 0.236 e. The van der Waals surface area contributed by atoms with Crippen LogP contribution in [-0.4, -0.2) is 18.5 Å². The van der Waals surface area contributed by atoms with Crippen LogP contribution in [0, 0.1) is 0 Å². The average Bonchev–Trinajstić information content (AvgIpc) is 2.10. The highest BCUT2D eigenvalue weighted by atomic mass is 16.2. The lowest BCUT2D eigenvalue weighted by Crippen LogP contribution is -2.40. The summed E-state index contributed by atoms with van der Waals surface area (Å²) in [5.74, 6) is -0.0537. The van der Waals surface area contributed by atoms with Gasteiger partial charge in [-0.25, -0.2) is 0 Å². The van der Waals surface area contributed by atoms with Gasteiger partial charge in [-0.15, -0.1) is 0 Å². The summed E-state index contributed by atoms with van der Waals surface area (Å²) in [5, 5.41) is 2.75. The predicted molar refractivity (Wildman–Crippen MR) is 50.7 cm³/mol. The first-order valence-corrected chi connectivity index (χ1v) is 4.36. The molecule has 3 heteroatoms. The van der Waals surface area contributed by atoms with Crippen LogP contribution in [0.25, 0.3) is 0 Å². The van der Waals surface area contributed by atoms with Crippen LogP contribution in [0.5, 0.6) is 0 Å². The Hall–Kier alpha value is -0.830. The SMILES string of the molecule is C/C=C/CCNC(=O)C(N)CC. The van der Waals surface area contributed by atoms with Crippen molar-refractivity contribution in [2.45, 2.75) is 32.7 Å². The fourth-order valence-electron chi connectivity index (χ4n) is 0.762. The maximum atomic E-state index is 11.1. The van der Waals surface area contributed by atoms with Crippen molar-refractivity contribution in [2.24, 2.45) is 5.73 Å². The fraction of sp³-hybridized carbons (Fsp3) is 0.667. The maximum absolute atomic E-state index is 11.1. The van der Waals surface area contributed by atoms with Gasteiger partial charge in [0.1, 0.15) is 0 Å².